The molecule has 4 atom stereocenters. The molecule has 7 nitrogen and oxygen atoms in total. The quantitative estimate of drug-likeness (QED) is 0.386. The fourth-order valence-corrected chi connectivity index (χ4v) is 6.13. The van der Waals surface area contributed by atoms with Crippen molar-refractivity contribution in [2.45, 2.75) is 75.9 Å². The number of halogens is 3. The van der Waals surface area contributed by atoms with Gasteiger partial charge < -0.3 is 19.3 Å². The van der Waals surface area contributed by atoms with E-state index in [1.807, 2.05) is 6.07 Å². The summed E-state index contributed by atoms with van der Waals surface area (Å²) in [4.78, 5) is 18.0. The molecule has 0 amide bonds. The van der Waals surface area contributed by atoms with Gasteiger partial charge in [-0.2, -0.15) is 13.2 Å². The molecule has 0 spiro atoms. The van der Waals surface area contributed by atoms with Gasteiger partial charge in [-0.3, -0.25) is 0 Å². The number of benzene rings is 1. The number of fused-ring (bicyclic) bond motifs is 2. The average molecular weight is 528 g/mol. The summed E-state index contributed by atoms with van der Waals surface area (Å²) in [6, 6.07) is 10.7. The van der Waals surface area contributed by atoms with Crippen molar-refractivity contribution in [2.75, 3.05) is 4.90 Å². The maximum Gasteiger partial charge on any atom is 0.417 e. The van der Waals surface area contributed by atoms with Crippen molar-refractivity contribution in [1.29, 1.82) is 0 Å². The zero-order chi connectivity index (χ0) is 26.6. The Hall–Kier alpha value is -3.40. The summed E-state index contributed by atoms with van der Waals surface area (Å²) >= 11 is 0. The molecule has 200 valence electrons. The molecule has 0 radical (unpaired) electrons. The lowest BCUT2D eigenvalue weighted by Crippen LogP contribution is -2.47. The SMILES string of the molecule is C[C@@H]1CC2CC(OCc3c(-c4ccccc4C(F)(F)F)noc3C3CC3)CC1N2c1cccc(C(=O)O)n1. The number of pyridine rings is 1. The number of aromatic carboxylic acids is 1. The number of hydrogen-bond donors (Lipinski definition) is 1. The van der Waals surface area contributed by atoms with Crippen LogP contribution in [0.2, 0.25) is 0 Å². The summed E-state index contributed by atoms with van der Waals surface area (Å²) in [5.74, 6) is 0.757. The molecule has 1 aromatic carbocycles. The Bertz CT molecular complexity index is 1350. The zero-order valence-corrected chi connectivity index (χ0v) is 20.8. The van der Waals surface area contributed by atoms with Crippen LogP contribution in [0.1, 0.15) is 72.3 Å². The molecule has 2 bridgehead atoms. The number of anilines is 1. The highest BCUT2D eigenvalue weighted by Crippen LogP contribution is 2.47. The summed E-state index contributed by atoms with van der Waals surface area (Å²) < 4.78 is 53.3. The number of aromatic nitrogens is 2. The Balaban J connectivity index is 1.23. The molecule has 6 rings (SSSR count). The van der Waals surface area contributed by atoms with E-state index < -0.39 is 17.7 Å². The van der Waals surface area contributed by atoms with Crippen LogP contribution < -0.4 is 4.90 Å². The third kappa shape index (κ3) is 4.55. The monoisotopic (exact) mass is 527 g/mol. The van der Waals surface area contributed by atoms with Gasteiger partial charge in [0.1, 0.15) is 17.3 Å². The van der Waals surface area contributed by atoms with Crippen molar-refractivity contribution in [3.8, 4) is 11.3 Å². The normalized spacial score (nSPS) is 25.1. The van der Waals surface area contributed by atoms with Gasteiger partial charge in [0.2, 0.25) is 0 Å². The first-order valence-electron chi connectivity index (χ1n) is 13.0. The van der Waals surface area contributed by atoms with E-state index in [1.54, 1.807) is 12.1 Å². The first-order valence-corrected chi connectivity index (χ1v) is 13.0. The minimum Gasteiger partial charge on any atom is -0.477 e. The van der Waals surface area contributed by atoms with E-state index in [-0.39, 0.29) is 47.7 Å². The van der Waals surface area contributed by atoms with Gasteiger partial charge in [-0.05, 0) is 56.2 Å². The van der Waals surface area contributed by atoms with Crippen molar-refractivity contribution >= 4 is 11.8 Å². The van der Waals surface area contributed by atoms with E-state index in [1.165, 1.54) is 18.2 Å². The lowest BCUT2D eigenvalue weighted by Gasteiger charge is -2.40. The van der Waals surface area contributed by atoms with Crippen LogP contribution in [0.5, 0.6) is 0 Å². The molecule has 3 aliphatic rings. The summed E-state index contributed by atoms with van der Waals surface area (Å²) in [6.45, 7) is 2.31. The smallest absolute Gasteiger partial charge is 0.417 e. The van der Waals surface area contributed by atoms with Crippen LogP contribution in [0.15, 0.2) is 47.0 Å². The standard InChI is InChI=1S/C28H28F3N3O4/c1-15-11-17-12-18(13-23(15)34(17)24-8-4-7-22(32-24)27(35)36)37-14-20-25(33-38-26(20)16-9-10-16)19-5-2-3-6-21(19)28(29,30)31/h2-8,15-18,23H,9-14H2,1H3,(H,35,36)/t15-,17?,18?,23?/m1/s1. The molecule has 3 fully saturated rings. The molecule has 3 aromatic rings. The molecule has 38 heavy (non-hydrogen) atoms. The molecular weight excluding hydrogens is 499 g/mol. The predicted octanol–water partition coefficient (Wildman–Crippen LogP) is 6.29. The van der Waals surface area contributed by atoms with Gasteiger partial charge in [0, 0.05) is 29.1 Å². The molecule has 1 N–H and O–H groups in total. The number of carboxylic acid groups (broad SMARTS) is 1. The molecule has 1 saturated carbocycles. The number of rotatable bonds is 7. The number of ether oxygens (including phenoxy) is 1. The van der Waals surface area contributed by atoms with Gasteiger partial charge >= 0.3 is 12.1 Å². The van der Waals surface area contributed by atoms with E-state index in [4.69, 9.17) is 9.26 Å². The molecule has 1 aliphatic carbocycles. The number of hydrogen-bond acceptors (Lipinski definition) is 6. The van der Waals surface area contributed by atoms with Crippen LogP contribution in [0.4, 0.5) is 19.0 Å². The Morgan fingerprint density at radius 1 is 1.13 bits per heavy atom. The van der Waals surface area contributed by atoms with E-state index in [0.29, 0.717) is 23.1 Å². The minimum absolute atomic E-state index is 0.00199. The van der Waals surface area contributed by atoms with Crippen molar-refractivity contribution in [1.82, 2.24) is 10.1 Å². The number of piperidine rings is 1. The van der Waals surface area contributed by atoms with Crippen LogP contribution in [-0.2, 0) is 17.5 Å². The highest BCUT2D eigenvalue weighted by molar-refractivity contribution is 5.85. The van der Waals surface area contributed by atoms with Gasteiger partial charge in [-0.25, -0.2) is 9.78 Å². The van der Waals surface area contributed by atoms with Gasteiger partial charge in [-0.1, -0.05) is 36.3 Å². The largest absolute Gasteiger partial charge is 0.477 e. The zero-order valence-electron chi connectivity index (χ0n) is 20.8. The first-order chi connectivity index (χ1) is 18.2. The second-order valence-corrected chi connectivity index (χ2v) is 10.6. The Morgan fingerprint density at radius 2 is 1.92 bits per heavy atom. The topological polar surface area (TPSA) is 88.7 Å². The molecule has 2 aliphatic heterocycles. The lowest BCUT2D eigenvalue weighted by molar-refractivity contribution is -0.137. The third-order valence-electron chi connectivity index (χ3n) is 8.03. The Morgan fingerprint density at radius 3 is 2.63 bits per heavy atom. The van der Waals surface area contributed by atoms with Gasteiger partial charge in [0.05, 0.1) is 18.3 Å². The Kier molecular flexibility index (Phi) is 6.17. The summed E-state index contributed by atoms with van der Waals surface area (Å²) in [5, 5.41) is 13.5. The maximum absolute atomic E-state index is 13.8. The lowest BCUT2D eigenvalue weighted by atomic mass is 9.96. The van der Waals surface area contributed by atoms with Crippen molar-refractivity contribution in [3.63, 3.8) is 0 Å². The fourth-order valence-electron chi connectivity index (χ4n) is 6.13. The van der Waals surface area contributed by atoms with Gasteiger partial charge in [0.25, 0.3) is 0 Å². The number of alkyl halides is 3. The number of carboxylic acids is 1. The average Bonchev–Trinajstić information content (AvgIpc) is 3.61. The van der Waals surface area contributed by atoms with E-state index in [2.05, 4.69) is 22.0 Å². The van der Waals surface area contributed by atoms with E-state index in [0.717, 1.165) is 38.2 Å². The summed E-state index contributed by atoms with van der Waals surface area (Å²) in [7, 11) is 0. The van der Waals surface area contributed by atoms with Gasteiger partial charge in [-0.15, -0.1) is 0 Å². The van der Waals surface area contributed by atoms with E-state index in [9.17, 15) is 23.1 Å². The molecule has 4 heterocycles. The highest BCUT2D eigenvalue weighted by Gasteiger charge is 2.46. The minimum atomic E-state index is -4.51. The fraction of sp³-hybridized carbons (Fsp3) is 0.464. The third-order valence-corrected chi connectivity index (χ3v) is 8.03. The van der Waals surface area contributed by atoms with Crippen LogP contribution in [-0.4, -0.2) is 39.4 Å². The van der Waals surface area contributed by atoms with Gasteiger partial charge in [0.15, 0.2) is 5.69 Å². The maximum atomic E-state index is 13.8. The van der Waals surface area contributed by atoms with Crippen molar-refractivity contribution in [2.24, 2.45) is 5.92 Å². The molecular formula is C28H28F3N3O4. The van der Waals surface area contributed by atoms with Crippen LogP contribution in [0.3, 0.4) is 0 Å². The van der Waals surface area contributed by atoms with Crippen LogP contribution in [0, 0.1) is 5.92 Å². The molecule has 2 aromatic heterocycles. The van der Waals surface area contributed by atoms with Crippen molar-refractivity contribution < 1.29 is 32.3 Å². The van der Waals surface area contributed by atoms with E-state index >= 15 is 0 Å². The highest BCUT2D eigenvalue weighted by atomic mass is 19.4. The first kappa shape index (κ1) is 24.9. The summed E-state index contributed by atoms with van der Waals surface area (Å²) in [5.41, 5.74) is 0.0705. The second-order valence-electron chi connectivity index (χ2n) is 10.6. The predicted molar refractivity (Wildman–Crippen MR) is 132 cm³/mol. The summed E-state index contributed by atoms with van der Waals surface area (Å²) in [6.07, 6.45) is -0.388. The van der Waals surface area contributed by atoms with Crippen LogP contribution in [0.25, 0.3) is 11.3 Å². The van der Waals surface area contributed by atoms with Crippen molar-refractivity contribution in [3.05, 3.63) is 65.0 Å². The number of nitrogens with zero attached hydrogens (tertiary/aromatic N) is 3. The number of carbonyl (C=O) groups is 1. The van der Waals surface area contributed by atoms with Crippen LogP contribution >= 0.6 is 0 Å². The molecule has 2 saturated heterocycles. The molecule has 3 unspecified atom stereocenters. The second kappa shape index (κ2) is 9.41. The molecule has 10 heteroatoms. The Labute approximate surface area is 217 Å².